The monoisotopic (exact) mass is 306 g/mol. The zero-order valence-electron chi connectivity index (χ0n) is 12.0. The van der Waals surface area contributed by atoms with E-state index < -0.39 is 0 Å². The smallest absolute Gasteiger partial charge is 0.269 e. The van der Waals surface area contributed by atoms with Crippen LogP contribution in [0.3, 0.4) is 0 Å². The number of hydrogen-bond donors (Lipinski definition) is 2. The molecule has 0 aliphatic rings. The Labute approximate surface area is 127 Å². The van der Waals surface area contributed by atoms with Crippen LogP contribution in [-0.2, 0) is 17.9 Å². The van der Waals surface area contributed by atoms with Crippen LogP contribution in [-0.4, -0.2) is 28.1 Å². The van der Waals surface area contributed by atoms with Gasteiger partial charge in [0.2, 0.25) is 5.91 Å². The van der Waals surface area contributed by atoms with E-state index in [1.165, 1.54) is 0 Å². The summed E-state index contributed by atoms with van der Waals surface area (Å²) in [7, 11) is 0. The second kappa shape index (κ2) is 7.03. The van der Waals surface area contributed by atoms with E-state index in [-0.39, 0.29) is 18.4 Å². The maximum absolute atomic E-state index is 12.0. The van der Waals surface area contributed by atoms with Crippen molar-refractivity contribution in [2.75, 3.05) is 6.54 Å². The molecule has 0 aliphatic heterocycles. The summed E-state index contributed by atoms with van der Waals surface area (Å²) >= 11 is 1.58. The van der Waals surface area contributed by atoms with Gasteiger partial charge in [0.15, 0.2) is 0 Å². The summed E-state index contributed by atoms with van der Waals surface area (Å²) in [5.41, 5.74) is 1.25. The Morgan fingerprint density at radius 3 is 2.86 bits per heavy atom. The number of carbonyl (C=O) groups excluding carboxylic acids is 2. The molecule has 112 valence electrons. The SMILES string of the molecule is CCn1nc(C)cc1C(=O)NCC(=O)NCc1cccs1. The topological polar surface area (TPSA) is 76.0 Å². The number of hydrogen-bond acceptors (Lipinski definition) is 4. The molecule has 0 aromatic carbocycles. The van der Waals surface area contributed by atoms with Crippen LogP contribution in [0.4, 0.5) is 0 Å². The molecule has 6 nitrogen and oxygen atoms in total. The van der Waals surface area contributed by atoms with Crippen LogP contribution in [0.2, 0.25) is 0 Å². The van der Waals surface area contributed by atoms with Crippen LogP contribution in [0.15, 0.2) is 23.6 Å². The quantitative estimate of drug-likeness (QED) is 0.845. The van der Waals surface area contributed by atoms with Gasteiger partial charge >= 0.3 is 0 Å². The van der Waals surface area contributed by atoms with E-state index in [0.717, 1.165) is 10.6 Å². The van der Waals surface area contributed by atoms with Gasteiger partial charge in [-0.25, -0.2) is 0 Å². The Hall–Kier alpha value is -2.15. The van der Waals surface area contributed by atoms with Gasteiger partial charge in [0.05, 0.1) is 18.8 Å². The molecule has 0 unspecified atom stereocenters. The van der Waals surface area contributed by atoms with Gasteiger partial charge in [0.1, 0.15) is 5.69 Å². The summed E-state index contributed by atoms with van der Waals surface area (Å²) in [4.78, 5) is 24.8. The molecule has 0 fully saturated rings. The van der Waals surface area contributed by atoms with Crippen LogP contribution < -0.4 is 10.6 Å². The van der Waals surface area contributed by atoms with Crippen LogP contribution in [0.5, 0.6) is 0 Å². The lowest BCUT2D eigenvalue weighted by molar-refractivity contribution is -0.120. The number of nitrogens with zero attached hydrogens (tertiary/aromatic N) is 2. The Balaban J connectivity index is 1.81. The van der Waals surface area contributed by atoms with Gasteiger partial charge in [-0.15, -0.1) is 11.3 Å². The molecule has 0 radical (unpaired) electrons. The molecule has 0 spiro atoms. The normalized spacial score (nSPS) is 10.4. The van der Waals surface area contributed by atoms with Crippen LogP contribution in [0, 0.1) is 6.92 Å². The number of amides is 2. The maximum atomic E-state index is 12.0. The van der Waals surface area contributed by atoms with Gasteiger partial charge in [-0.3, -0.25) is 14.3 Å². The molecule has 2 aromatic heterocycles. The third-order valence-corrected chi connectivity index (χ3v) is 3.76. The van der Waals surface area contributed by atoms with E-state index in [4.69, 9.17) is 0 Å². The summed E-state index contributed by atoms with van der Waals surface area (Å²) in [6.07, 6.45) is 0. The molecule has 7 heteroatoms. The molecule has 2 rings (SSSR count). The first-order valence-corrected chi connectivity index (χ1v) is 7.60. The van der Waals surface area contributed by atoms with Gasteiger partial charge < -0.3 is 10.6 Å². The zero-order chi connectivity index (χ0) is 15.2. The fraction of sp³-hybridized carbons (Fsp3) is 0.357. The van der Waals surface area contributed by atoms with Gasteiger partial charge in [-0.05, 0) is 31.4 Å². The second-order valence-electron chi connectivity index (χ2n) is 4.53. The van der Waals surface area contributed by atoms with Crippen molar-refractivity contribution in [1.82, 2.24) is 20.4 Å². The largest absolute Gasteiger partial charge is 0.350 e. The molecule has 2 N–H and O–H groups in total. The molecule has 21 heavy (non-hydrogen) atoms. The molecule has 0 saturated carbocycles. The van der Waals surface area contributed by atoms with Crippen molar-refractivity contribution in [3.63, 3.8) is 0 Å². The Morgan fingerprint density at radius 1 is 1.38 bits per heavy atom. The molecule has 2 amide bonds. The maximum Gasteiger partial charge on any atom is 0.269 e. The second-order valence-corrected chi connectivity index (χ2v) is 5.56. The van der Waals surface area contributed by atoms with E-state index >= 15 is 0 Å². The van der Waals surface area contributed by atoms with Gasteiger partial charge in [-0.2, -0.15) is 5.10 Å². The molecule has 0 aliphatic carbocycles. The fourth-order valence-electron chi connectivity index (χ4n) is 1.88. The number of aryl methyl sites for hydroxylation is 2. The van der Waals surface area contributed by atoms with E-state index in [0.29, 0.717) is 18.8 Å². The van der Waals surface area contributed by atoms with Crippen molar-refractivity contribution < 1.29 is 9.59 Å². The number of rotatable bonds is 6. The fourth-order valence-corrected chi connectivity index (χ4v) is 2.53. The number of thiophene rings is 1. The summed E-state index contributed by atoms with van der Waals surface area (Å²) in [5.74, 6) is -0.500. The van der Waals surface area contributed by atoms with Crippen molar-refractivity contribution in [2.24, 2.45) is 0 Å². The lowest BCUT2D eigenvalue weighted by Crippen LogP contribution is -2.37. The Kier molecular flexibility index (Phi) is 5.10. The number of carbonyl (C=O) groups is 2. The summed E-state index contributed by atoms with van der Waals surface area (Å²) in [6, 6.07) is 5.59. The van der Waals surface area contributed by atoms with Gasteiger partial charge in [0, 0.05) is 11.4 Å². The van der Waals surface area contributed by atoms with Crippen molar-refractivity contribution in [3.05, 3.63) is 39.8 Å². The van der Waals surface area contributed by atoms with Crippen LogP contribution in [0.1, 0.15) is 28.0 Å². The summed E-state index contributed by atoms with van der Waals surface area (Å²) in [5, 5.41) is 11.5. The highest BCUT2D eigenvalue weighted by atomic mass is 32.1. The average Bonchev–Trinajstić information content (AvgIpc) is 3.11. The predicted octanol–water partition coefficient (Wildman–Crippen LogP) is 1.32. The average molecular weight is 306 g/mol. The number of nitrogens with one attached hydrogen (secondary N) is 2. The highest BCUT2D eigenvalue weighted by Crippen LogP contribution is 2.07. The lowest BCUT2D eigenvalue weighted by Gasteiger charge is -2.07. The van der Waals surface area contributed by atoms with Crippen LogP contribution in [0.25, 0.3) is 0 Å². The molecule has 2 aromatic rings. The van der Waals surface area contributed by atoms with Crippen molar-refractivity contribution >= 4 is 23.2 Å². The lowest BCUT2D eigenvalue weighted by atomic mass is 10.3. The highest BCUT2D eigenvalue weighted by Gasteiger charge is 2.13. The Morgan fingerprint density at radius 2 is 2.19 bits per heavy atom. The first-order chi connectivity index (χ1) is 10.1. The Bertz CT molecular complexity index is 619. The minimum absolute atomic E-state index is 0.0435. The minimum atomic E-state index is -0.288. The zero-order valence-corrected chi connectivity index (χ0v) is 12.9. The third-order valence-electron chi connectivity index (χ3n) is 2.88. The van der Waals surface area contributed by atoms with Gasteiger partial charge in [-0.1, -0.05) is 6.07 Å². The van der Waals surface area contributed by atoms with Crippen LogP contribution >= 0.6 is 11.3 Å². The van der Waals surface area contributed by atoms with E-state index in [1.54, 1.807) is 22.1 Å². The molecular weight excluding hydrogens is 288 g/mol. The molecule has 0 atom stereocenters. The van der Waals surface area contributed by atoms with Crippen molar-refractivity contribution in [1.29, 1.82) is 0 Å². The first-order valence-electron chi connectivity index (χ1n) is 6.72. The van der Waals surface area contributed by atoms with Gasteiger partial charge in [0.25, 0.3) is 5.91 Å². The summed E-state index contributed by atoms with van der Waals surface area (Å²) < 4.78 is 1.62. The standard InChI is InChI=1S/C14H18N4O2S/c1-3-18-12(7-10(2)17-18)14(20)16-9-13(19)15-8-11-5-4-6-21-11/h4-7H,3,8-9H2,1-2H3,(H,15,19)(H,16,20). The van der Waals surface area contributed by atoms with E-state index in [9.17, 15) is 9.59 Å². The number of aromatic nitrogens is 2. The molecule has 0 bridgehead atoms. The predicted molar refractivity (Wildman–Crippen MR) is 81.1 cm³/mol. The van der Waals surface area contributed by atoms with E-state index in [1.807, 2.05) is 31.4 Å². The van der Waals surface area contributed by atoms with Crippen molar-refractivity contribution in [2.45, 2.75) is 26.9 Å². The van der Waals surface area contributed by atoms with Crippen molar-refractivity contribution in [3.8, 4) is 0 Å². The first kappa shape index (κ1) is 15.2. The minimum Gasteiger partial charge on any atom is -0.350 e. The molecular formula is C14H18N4O2S. The third kappa shape index (κ3) is 4.16. The highest BCUT2D eigenvalue weighted by molar-refractivity contribution is 7.09. The summed E-state index contributed by atoms with van der Waals surface area (Å²) in [6.45, 7) is 4.80. The molecule has 0 saturated heterocycles. The molecule has 2 heterocycles. The van der Waals surface area contributed by atoms with E-state index in [2.05, 4.69) is 15.7 Å².